The lowest BCUT2D eigenvalue weighted by Crippen LogP contribution is -1.96. The summed E-state index contributed by atoms with van der Waals surface area (Å²) >= 11 is 0. The van der Waals surface area contributed by atoms with E-state index < -0.39 is 4.92 Å². The van der Waals surface area contributed by atoms with Gasteiger partial charge in [0.05, 0.1) is 16.9 Å². The zero-order valence-corrected chi connectivity index (χ0v) is 9.76. The zero-order chi connectivity index (χ0) is 13.2. The minimum Gasteiger partial charge on any atom is -0.464 e. The van der Waals surface area contributed by atoms with Gasteiger partial charge in [-0.2, -0.15) is 5.10 Å². The van der Waals surface area contributed by atoms with Gasteiger partial charge in [-0.15, -0.1) is 0 Å². The highest BCUT2D eigenvalue weighted by molar-refractivity contribution is 5.68. The van der Waals surface area contributed by atoms with E-state index in [1.165, 1.54) is 17.1 Å². The van der Waals surface area contributed by atoms with E-state index >= 15 is 0 Å². The molecule has 0 spiro atoms. The largest absolute Gasteiger partial charge is 0.464 e. The Hall–Kier alpha value is -2.89. The van der Waals surface area contributed by atoms with E-state index in [2.05, 4.69) is 5.10 Å². The quantitative estimate of drug-likeness (QED) is 0.532. The predicted molar refractivity (Wildman–Crippen MR) is 67.9 cm³/mol. The van der Waals surface area contributed by atoms with Crippen LogP contribution < -0.4 is 0 Å². The molecule has 19 heavy (non-hydrogen) atoms. The third kappa shape index (κ3) is 1.99. The molecule has 0 aliphatic heterocycles. The second-order valence-corrected chi connectivity index (χ2v) is 3.89. The van der Waals surface area contributed by atoms with Crippen molar-refractivity contribution in [1.82, 2.24) is 9.78 Å². The summed E-state index contributed by atoms with van der Waals surface area (Å²) in [5.74, 6) is 0.689. The molecule has 0 aliphatic carbocycles. The molecule has 6 heteroatoms. The molecule has 0 amide bonds. The van der Waals surface area contributed by atoms with Crippen molar-refractivity contribution in [3.63, 3.8) is 0 Å². The van der Waals surface area contributed by atoms with Crippen LogP contribution in [-0.4, -0.2) is 14.7 Å². The van der Waals surface area contributed by atoms with E-state index in [4.69, 9.17) is 4.42 Å². The number of rotatable bonds is 3. The fourth-order valence-corrected chi connectivity index (χ4v) is 1.85. The van der Waals surface area contributed by atoms with Gasteiger partial charge >= 0.3 is 5.69 Å². The minimum atomic E-state index is -0.473. The van der Waals surface area contributed by atoms with Gasteiger partial charge in [0.1, 0.15) is 18.2 Å². The highest BCUT2D eigenvalue weighted by Crippen LogP contribution is 2.27. The number of para-hydroxylation sites is 1. The summed E-state index contributed by atoms with van der Waals surface area (Å²) in [7, 11) is 0. The molecule has 0 saturated heterocycles. The molecular formula is C13H9N3O3. The number of benzene rings is 1. The number of furan rings is 1. The molecule has 94 valence electrons. The molecule has 0 aliphatic rings. The molecule has 0 unspecified atom stereocenters. The molecule has 2 aromatic heterocycles. The van der Waals surface area contributed by atoms with Crippen LogP contribution in [0, 0.1) is 10.1 Å². The van der Waals surface area contributed by atoms with Crippen molar-refractivity contribution in [1.29, 1.82) is 0 Å². The first-order chi connectivity index (χ1) is 9.25. The molecule has 0 radical (unpaired) electrons. The summed E-state index contributed by atoms with van der Waals surface area (Å²) in [6.07, 6.45) is 4.18. The van der Waals surface area contributed by atoms with Gasteiger partial charge in [-0.3, -0.25) is 10.1 Å². The highest BCUT2D eigenvalue weighted by Gasteiger charge is 2.13. The number of aromatic nitrogens is 2. The standard InChI is InChI=1S/C13H9N3O3/c17-16(18)10-8-14-15(9-10)12-5-2-1-4-11(12)13-6-3-7-19-13/h1-9H. The van der Waals surface area contributed by atoms with E-state index in [-0.39, 0.29) is 5.69 Å². The maximum absolute atomic E-state index is 10.7. The molecule has 6 nitrogen and oxygen atoms in total. The van der Waals surface area contributed by atoms with Crippen LogP contribution in [0.1, 0.15) is 0 Å². The van der Waals surface area contributed by atoms with Crippen molar-refractivity contribution in [2.75, 3.05) is 0 Å². The number of hydrogen-bond donors (Lipinski definition) is 0. The van der Waals surface area contributed by atoms with Gasteiger partial charge in [-0.25, -0.2) is 4.68 Å². The van der Waals surface area contributed by atoms with Crippen molar-refractivity contribution >= 4 is 5.69 Å². The first-order valence-corrected chi connectivity index (χ1v) is 5.58. The van der Waals surface area contributed by atoms with Gasteiger partial charge in [0, 0.05) is 5.56 Å². The van der Waals surface area contributed by atoms with Crippen molar-refractivity contribution < 1.29 is 9.34 Å². The lowest BCUT2D eigenvalue weighted by atomic mass is 10.1. The summed E-state index contributed by atoms with van der Waals surface area (Å²) in [4.78, 5) is 10.2. The van der Waals surface area contributed by atoms with Crippen molar-refractivity contribution in [2.24, 2.45) is 0 Å². The lowest BCUT2D eigenvalue weighted by molar-refractivity contribution is -0.384. The van der Waals surface area contributed by atoms with Gasteiger partial charge in [-0.05, 0) is 24.3 Å². The summed E-state index contributed by atoms with van der Waals surface area (Å²) in [5, 5.41) is 14.7. The Kier molecular flexibility index (Phi) is 2.60. The number of hydrogen-bond acceptors (Lipinski definition) is 4. The summed E-state index contributed by atoms with van der Waals surface area (Å²) in [5.41, 5.74) is 1.50. The van der Waals surface area contributed by atoms with E-state index in [0.29, 0.717) is 5.76 Å². The smallest absolute Gasteiger partial charge is 0.307 e. The van der Waals surface area contributed by atoms with Crippen molar-refractivity contribution in [3.8, 4) is 17.0 Å². The second kappa shape index (κ2) is 4.41. The molecule has 0 atom stereocenters. The van der Waals surface area contributed by atoms with Crippen LogP contribution in [-0.2, 0) is 0 Å². The van der Waals surface area contributed by atoms with Crippen LogP contribution in [0.5, 0.6) is 0 Å². The van der Waals surface area contributed by atoms with E-state index in [1.54, 1.807) is 12.3 Å². The fourth-order valence-electron chi connectivity index (χ4n) is 1.85. The van der Waals surface area contributed by atoms with E-state index in [9.17, 15) is 10.1 Å². The average molecular weight is 255 g/mol. The molecule has 0 fully saturated rings. The molecule has 0 bridgehead atoms. The third-order valence-corrected chi connectivity index (χ3v) is 2.72. The molecule has 3 rings (SSSR count). The van der Waals surface area contributed by atoms with Crippen LogP contribution in [0.3, 0.4) is 0 Å². The molecule has 0 N–H and O–H groups in total. The van der Waals surface area contributed by atoms with Gasteiger partial charge in [-0.1, -0.05) is 12.1 Å². The molecule has 3 aromatic rings. The monoisotopic (exact) mass is 255 g/mol. The van der Waals surface area contributed by atoms with E-state index in [0.717, 1.165) is 11.3 Å². The van der Waals surface area contributed by atoms with Crippen LogP contribution in [0.2, 0.25) is 0 Å². The first kappa shape index (κ1) is 11.2. The van der Waals surface area contributed by atoms with Crippen LogP contribution in [0.4, 0.5) is 5.69 Å². The normalized spacial score (nSPS) is 10.5. The first-order valence-electron chi connectivity index (χ1n) is 5.58. The van der Waals surface area contributed by atoms with Crippen LogP contribution in [0.25, 0.3) is 17.0 Å². The Morgan fingerprint density at radius 1 is 1.21 bits per heavy atom. The van der Waals surface area contributed by atoms with Crippen molar-refractivity contribution in [3.05, 3.63) is 65.2 Å². The van der Waals surface area contributed by atoms with Gasteiger partial charge in [0.15, 0.2) is 0 Å². The average Bonchev–Trinajstić information content (AvgIpc) is 3.10. The highest BCUT2D eigenvalue weighted by atomic mass is 16.6. The van der Waals surface area contributed by atoms with Gasteiger partial charge in [0.2, 0.25) is 0 Å². The zero-order valence-electron chi connectivity index (χ0n) is 9.76. The third-order valence-electron chi connectivity index (χ3n) is 2.72. The molecule has 2 heterocycles. The van der Waals surface area contributed by atoms with Crippen molar-refractivity contribution in [2.45, 2.75) is 0 Å². The summed E-state index contributed by atoms with van der Waals surface area (Å²) in [6, 6.07) is 11.0. The number of nitrogens with zero attached hydrogens (tertiary/aromatic N) is 3. The van der Waals surface area contributed by atoms with Gasteiger partial charge in [0.25, 0.3) is 0 Å². The molecule has 1 aromatic carbocycles. The van der Waals surface area contributed by atoms with Gasteiger partial charge < -0.3 is 4.42 Å². The maximum atomic E-state index is 10.7. The Bertz CT molecular complexity index is 716. The molecular weight excluding hydrogens is 246 g/mol. The minimum absolute atomic E-state index is 0.0470. The molecule has 0 saturated carbocycles. The lowest BCUT2D eigenvalue weighted by Gasteiger charge is -2.06. The number of nitro groups is 1. The topological polar surface area (TPSA) is 74.1 Å². The van der Waals surface area contributed by atoms with E-state index in [1.807, 2.05) is 30.3 Å². The Morgan fingerprint density at radius 3 is 2.74 bits per heavy atom. The van der Waals surface area contributed by atoms with Crippen LogP contribution >= 0.6 is 0 Å². The maximum Gasteiger partial charge on any atom is 0.307 e. The second-order valence-electron chi connectivity index (χ2n) is 3.89. The Balaban J connectivity index is 2.12. The Morgan fingerprint density at radius 2 is 2.05 bits per heavy atom. The summed E-state index contributed by atoms with van der Waals surface area (Å²) < 4.78 is 6.83. The summed E-state index contributed by atoms with van der Waals surface area (Å²) in [6.45, 7) is 0. The SMILES string of the molecule is O=[N+]([O-])c1cnn(-c2ccccc2-c2ccco2)c1. The Labute approximate surface area is 108 Å². The predicted octanol–water partition coefficient (Wildman–Crippen LogP) is 3.04. The fraction of sp³-hybridized carbons (Fsp3) is 0. The van der Waals surface area contributed by atoms with Crippen LogP contribution in [0.15, 0.2) is 59.5 Å².